The van der Waals surface area contributed by atoms with Crippen LogP contribution in [0.5, 0.6) is 5.75 Å². The molecule has 0 fully saturated rings. The summed E-state index contributed by atoms with van der Waals surface area (Å²) in [4.78, 5) is 16.8. The molecule has 0 aliphatic heterocycles. The first-order valence-corrected chi connectivity index (χ1v) is 11.6. The number of nitrogens with zero attached hydrogens (tertiary/aromatic N) is 3. The van der Waals surface area contributed by atoms with E-state index in [0.717, 1.165) is 21.8 Å². The third-order valence-corrected chi connectivity index (χ3v) is 6.22. The molecule has 0 aliphatic rings. The highest BCUT2D eigenvalue weighted by Crippen LogP contribution is 2.31. The second-order valence-corrected chi connectivity index (χ2v) is 9.17. The predicted molar refractivity (Wildman–Crippen MR) is 120 cm³/mol. The quantitative estimate of drug-likeness (QED) is 0.555. The molecule has 0 saturated carbocycles. The van der Waals surface area contributed by atoms with Crippen molar-refractivity contribution in [3.63, 3.8) is 0 Å². The summed E-state index contributed by atoms with van der Waals surface area (Å²) in [7, 11) is -2.28. The molecule has 3 rings (SSSR count). The third-order valence-electron chi connectivity index (χ3n) is 4.68. The number of amides is 1. The fourth-order valence-electron chi connectivity index (χ4n) is 3.14. The minimum Gasteiger partial charge on any atom is -0.495 e. The first kappa shape index (κ1) is 22.6. The number of imidazole rings is 1. The van der Waals surface area contributed by atoms with Crippen LogP contribution in [-0.2, 0) is 21.4 Å². The van der Waals surface area contributed by atoms with Crippen LogP contribution in [0.15, 0.2) is 61.2 Å². The number of methoxy groups -OCH3 is 1. The lowest BCUT2D eigenvalue weighted by Gasteiger charge is -2.28. The maximum atomic E-state index is 12.8. The van der Waals surface area contributed by atoms with Crippen molar-refractivity contribution >= 4 is 33.2 Å². The number of hydrogen-bond acceptors (Lipinski definition) is 5. The molecule has 0 spiro atoms. The van der Waals surface area contributed by atoms with Gasteiger partial charge in [-0.15, -0.1) is 0 Å². The van der Waals surface area contributed by atoms with Crippen LogP contribution in [0.4, 0.5) is 5.69 Å². The molecule has 0 bridgehead atoms. The summed E-state index contributed by atoms with van der Waals surface area (Å²) in [5, 5.41) is 3.04. The van der Waals surface area contributed by atoms with Crippen molar-refractivity contribution in [1.29, 1.82) is 0 Å². The van der Waals surface area contributed by atoms with E-state index >= 15 is 0 Å². The molecular weight excluding hydrogens is 440 g/mol. The molecule has 164 valence electrons. The van der Waals surface area contributed by atoms with Gasteiger partial charge in [0.25, 0.3) is 0 Å². The minimum atomic E-state index is -3.75. The first-order valence-electron chi connectivity index (χ1n) is 9.38. The maximum absolute atomic E-state index is 12.8. The number of benzene rings is 2. The van der Waals surface area contributed by atoms with Crippen molar-refractivity contribution < 1.29 is 17.9 Å². The van der Waals surface area contributed by atoms with Crippen LogP contribution in [0, 0.1) is 0 Å². The Balaban J connectivity index is 1.72. The third kappa shape index (κ3) is 5.36. The zero-order valence-electron chi connectivity index (χ0n) is 17.3. The number of anilines is 1. The van der Waals surface area contributed by atoms with Crippen LogP contribution in [0.2, 0.25) is 5.02 Å². The molecule has 31 heavy (non-hydrogen) atoms. The number of nitrogens with one attached hydrogen (secondary N) is 1. The number of carbonyl (C=O) groups excluding carboxylic acids is 1. The molecule has 0 unspecified atom stereocenters. The highest BCUT2D eigenvalue weighted by atomic mass is 35.5. The Bertz CT molecular complexity index is 1150. The van der Waals surface area contributed by atoms with Crippen molar-refractivity contribution in [2.45, 2.75) is 19.5 Å². The summed E-state index contributed by atoms with van der Waals surface area (Å²) in [6, 6.07) is 11.2. The van der Waals surface area contributed by atoms with Gasteiger partial charge in [-0.05, 0) is 42.8 Å². The number of halogens is 1. The fraction of sp³-hybridized carbons (Fsp3) is 0.238. The lowest BCUT2D eigenvalue weighted by Crippen LogP contribution is -2.47. The van der Waals surface area contributed by atoms with E-state index in [-0.39, 0.29) is 17.3 Å². The first-order chi connectivity index (χ1) is 14.7. The van der Waals surface area contributed by atoms with Gasteiger partial charge in [-0.3, -0.25) is 9.10 Å². The zero-order chi connectivity index (χ0) is 22.6. The van der Waals surface area contributed by atoms with Gasteiger partial charge in [-0.2, -0.15) is 0 Å². The highest BCUT2D eigenvalue weighted by Gasteiger charge is 2.29. The van der Waals surface area contributed by atoms with E-state index in [2.05, 4.69) is 10.3 Å². The Morgan fingerprint density at radius 3 is 2.52 bits per heavy atom. The van der Waals surface area contributed by atoms with Crippen molar-refractivity contribution in [2.24, 2.45) is 0 Å². The molecular formula is C21H23ClN4O4S. The van der Waals surface area contributed by atoms with Crippen LogP contribution in [-0.4, -0.2) is 43.3 Å². The van der Waals surface area contributed by atoms with Crippen LogP contribution in [0.1, 0.15) is 12.5 Å². The number of rotatable bonds is 8. The van der Waals surface area contributed by atoms with Gasteiger partial charge in [0.2, 0.25) is 15.9 Å². The monoisotopic (exact) mass is 462 g/mol. The summed E-state index contributed by atoms with van der Waals surface area (Å²) in [5.41, 5.74) is 2.10. The summed E-state index contributed by atoms with van der Waals surface area (Å²) < 4.78 is 32.9. The van der Waals surface area contributed by atoms with Crippen molar-refractivity contribution in [3.05, 3.63) is 71.8 Å². The highest BCUT2D eigenvalue weighted by molar-refractivity contribution is 7.92. The average Bonchev–Trinajstić information content (AvgIpc) is 3.26. The molecule has 0 aliphatic carbocycles. The van der Waals surface area contributed by atoms with Crippen molar-refractivity contribution in [2.75, 3.05) is 17.7 Å². The van der Waals surface area contributed by atoms with Gasteiger partial charge in [-0.25, -0.2) is 13.4 Å². The van der Waals surface area contributed by atoms with E-state index in [1.165, 1.54) is 20.1 Å². The molecule has 8 nitrogen and oxygen atoms in total. The summed E-state index contributed by atoms with van der Waals surface area (Å²) in [6.45, 7) is 1.78. The van der Waals surface area contributed by atoms with E-state index in [1.54, 1.807) is 24.7 Å². The lowest BCUT2D eigenvalue weighted by molar-refractivity contribution is -0.122. The van der Waals surface area contributed by atoms with Gasteiger partial charge >= 0.3 is 0 Å². The fourth-order valence-corrected chi connectivity index (χ4v) is 4.55. The standard InChI is InChI=1S/C21H23ClN4O4S/c1-15(26(31(3,28)29)18-8-9-20(30-2)19(22)12-18)21(27)24-13-16-4-6-17(7-5-16)25-11-10-23-14-25/h4-12,14-15H,13H2,1-3H3,(H,24,27)/t15-/m0/s1. The summed E-state index contributed by atoms with van der Waals surface area (Å²) in [6.07, 6.45) is 6.27. The topological polar surface area (TPSA) is 93.5 Å². The predicted octanol–water partition coefficient (Wildman–Crippen LogP) is 3.01. The Hall–Kier alpha value is -3.04. The average molecular weight is 463 g/mol. The van der Waals surface area contributed by atoms with Crippen LogP contribution in [0.3, 0.4) is 0 Å². The lowest BCUT2D eigenvalue weighted by atomic mass is 10.2. The molecule has 1 aromatic heterocycles. The van der Waals surface area contributed by atoms with E-state index in [9.17, 15) is 13.2 Å². The van der Waals surface area contributed by atoms with Gasteiger partial charge in [-0.1, -0.05) is 23.7 Å². The summed E-state index contributed by atoms with van der Waals surface area (Å²) in [5.74, 6) is -0.0221. The van der Waals surface area contributed by atoms with E-state index in [0.29, 0.717) is 5.75 Å². The minimum absolute atomic E-state index is 0.249. The second-order valence-electron chi connectivity index (χ2n) is 6.91. The van der Waals surface area contributed by atoms with Gasteiger partial charge in [0, 0.05) is 24.6 Å². The Morgan fingerprint density at radius 2 is 1.97 bits per heavy atom. The summed E-state index contributed by atoms with van der Waals surface area (Å²) >= 11 is 6.15. The molecule has 0 radical (unpaired) electrons. The molecule has 1 heterocycles. The van der Waals surface area contributed by atoms with Crippen LogP contribution < -0.4 is 14.4 Å². The molecule has 1 amide bonds. The largest absolute Gasteiger partial charge is 0.495 e. The maximum Gasteiger partial charge on any atom is 0.243 e. The molecule has 3 aromatic rings. The van der Waals surface area contributed by atoms with E-state index in [4.69, 9.17) is 16.3 Å². The normalized spacial score (nSPS) is 12.3. The number of sulfonamides is 1. The molecule has 10 heteroatoms. The number of ether oxygens (including phenoxy) is 1. The van der Waals surface area contributed by atoms with Crippen molar-refractivity contribution in [1.82, 2.24) is 14.9 Å². The van der Waals surface area contributed by atoms with Crippen LogP contribution in [0.25, 0.3) is 5.69 Å². The van der Waals surface area contributed by atoms with Crippen molar-refractivity contribution in [3.8, 4) is 11.4 Å². The molecule has 1 atom stereocenters. The van der Waals surface area contributed by atoms with Gasteiger partial charge < -0.3 is 14.6 Å². The van der Waals surface area contributed by atoms with Gasteiger partial charge in [0.1, 0.15) is 11.8 Å². The number of carbonyl (C=O) groups is 1. The number of aromatic nitrogens is 2. The SMILES string of the molecule is COc1ccc(N([C@@H](C)C(=O)NCc2ccc(-n3ccnc3)cc2)S(C)(=O)=O)cc1Cl. The van der Waals surface area contributed by atoms with E-state index < -0.39 is 22.0 Å². The number of hydrogen-bond donors (Lipinski definition) is 1. The second kappa shape index (κ2) is 9.40. The Labute approximate surface area is 186 Å². The molecule has 1 N–H and O–H groups in total. The Morgan fingerprint density at radius 1 is 1.26 bits per heavy atom. The smallest absolute Gasteiger partial charge is 0.243 e. The molecule has 2 aromatic carbocycles. The molecule has 0 saturated heterocycles. The van der Waals surface area contributed by atoms with E-state index in [1.807, 2.05) is 35.0 Å². The Kier molecular flexibility index (Phi) is 6.87. The van der Waals surface area contributed by atoms with Gasteiger partial charge in [0.05, 0.1) is 30.4 Å². The van der Waals surface area contributed by atoms with Crippen LogP contribution >= 0.6 is 11.6 Å². The zero-order valence-corrected chi connectivity index (χ0v) is 18.9. The van der Waals surface area contributed by atoms with Gasteiger partial charge in [0.15, 0.2) is 0 Å².